The zero-order chi connectivity index (χ0) is 17.0. The van der Waals surface area contributed by atoms with Crippen LogP contribution in [0.15, 0.2) is 34.9 Å². The zero-order valence-electron chi connectivity index (χ0n) is 14.9. The Bertz CT molecular complexity index is 539. The highest BCUT2D eigenvalue weighted by Crippen LogP contribution is 2.32. The summed E-state index contributed by atoms with van der Waals surface area (Å²) in [5, 5.41) is 10.6. The highest BCUT2D eigenvalue weighted by Gasteiger charge is 2.38. The minimum absolute atomic E-state index is 0.254. The number of hydrogen-bond donors (Lipinski definition) is 1. The molecule has 0 aromatic rings. The van der Waals surface area contributed by atoms with Gasteiger partial charge in [0.15, 0.2) is 0 Å². The van der Waals surface area contributed by atoms with Gasteiger partial charge in [0.2, 0.25) is 0 Å². The third-order valence-corrected chi connectivity index (χ3v) is 5.14. The fraction of sp³-hybridized carbons (Fsp3) is 0.650. The Morgan fingerprint density at radius 3 is 2.70 bits per heavy atom. The van der Waals surface area contributed by atoms with E-state index >= 15 is 0 Å². The number of carbonyl (C=O) groups is 1. The first-order valence-corrected chi connectivity index (χ1v) is 8.78. The molecule has 0 amide bonds. The highest BCUT2D eigenvalue weighted by molar-refractivity contribution is 5.89. The smallest absolute Gasteiger partial charge is 0.334 e. The maximum absolute atomic E-state index is 12.5. The third kappa shape index (κ3) is 4.57. The Kier molecular flexibility index (Phi) is 5.85. The Balaban J connectivity index is 2.32. The van der Waals surface area contributed by atoms with Gasteiger partial charge in [-0.1, -0.05) is 43.2 Å². The number of hydrogen-bond acceptors (Lipinski definition) is 3. The molecule has 128 valence electrons. The Hall–Kier alpha value is -1.35. The molecule has 1 N–H and O–H groups in total. The summed E-state index contributed by atoms with van der Waals surface area (Å²) in [6.45, 7) is 8.34. The van der Waals surface area contributed by atoms with E-state index in [4.69, 9.17) is 4.74 Å². The monoisotopic (exact) mass is 318 g/mol. The van der Waals surface area contributed by atoms with E-state index in [1.165, 1.54) is 11.1 Å². The molecule has 0 aliphatic carbocycles. The Morgan fingerprint density at radius 1 is 1.26 bits per heavy atom. The van der Waals surface area contributed by atoms with Crippen LogP contribution in [0.2, 0.25) is 0 Å². The van der Waals surface area contributed by atoms with Crippen molar-refractivity contribution in [3.63, 3.8) is 0 Å². The summed E-state index contributed by atoms with van der Waals surface area (Å²) >= 11 is 0. The number of fused-ring (bicyclic) bond motifs is 3. The first-order chi connectivity index (χ1) is 10.8. The molecule has 3 heteroatoms. The molecule has 0 saturated heterocycles. The van der Waals surface area contributed by atoms with Gasteiger partial charge in [0, 0.05) is 5.57 Å². The molecule has 0 radical (unpaired) electrons. The van der Waals surface area contributed by atoms with Crippen molar-refractivity contribution in [2.45, 2.75) is 77.9 Å². The van der Waals surface area contributed by atoms with Crippen molar-refractivity contribution >= 4 is 5.97 Å². The molecule has 0 aromatic carbocycles. The summed E-state index contributed by atoms with van der Waals surface area (Å²) < 4.78 is 5.72. The van der Waals surface area contributed by atoms with Crippen molar-refractivity contribution < 1.29 is 14.6 Å². The second kappa shape index (κ2) is 7.48. The lowest BCUT2D eigenvalue weighted by Crippen LogP contribution is -2.43. The van der Waals surface area contributed by atoms with Crippen molar-refractivity contribution in [3.05, 3.63) is 34.9 Å². The average Bonchev–Trinajstić information content (AvgIpc) is 2.62. The number of esters is 1. The van der Waals surface area contributed by atoms with Gasteiger partial charge < -0.3 is 9.84 Å². The SMILES string of the molecule is C/C1=C/C=C(C(C)C)CCC2=CCC[C@](C)(OC2=O)[C@@H](O)CC1. The lowest BCUT2D eigenvalue weighted by atomic mass is 9.89. The largest absolute Gasteiger partial charge is 0.453 e. The third-order valence-electron chi connectivity index (χ3n) is 5.14. The van der Waals surface area contributed by atoms with Crippen LogP contribution in [0.4, 0.5) is 0 Å². The molecule has 0 spiro atoms. The maximum atomic E-state index is 12.5. The lowest BCUT2D eigenvalue weighted by Gasteiger charge is -2.33. The summed E-state index contributed by atoms with van der Waals surface area (Å²) in [6.07, 6.45) is 10.2. The van der Waals surface area contributed by atoms with E-state index in [9.17, 15) is 9.90 Å². The molecule has 2 atom stereocenters. The molecular formula is C20H30O3. The van der Waals surface area contributed by atoms with Crippen LogP contribution in [0.25, 0.3) is 0 Å². The van der Waals surface area contributed by atoms with Gasteiger partial charge in [0.1, 0.15) is 5.60 Å². The minimum atomic E-state index is -0.780. The summed E-state index contributed by atoms with van der Waals surface area (Å²) in [6, 6.07) is 0. The molecule has 0 unspecified atom stereocenters. The second-order valence-electron chi connectivity index (χ2n) is 7.43. The number of aliphatic hydroxyl groups excluding tert-OH is 1. The topological polar surface area (TPSA) is 46.5 Å². The molecular weight excluding hydrogens is 288 g/mol. The van der Waals surface area contributed by atoms with Gasteiger partial charge in [-0.2, -0.15) is 0 Å². The number of rotatable bonds is 1. The van der Waals surface area contributed by atoms with Gasteiger partial charge in [-0.15, -0.1) is 0 Å². The average molecular weight is 318 g/mol. The van der Waals surface area contributed by atoms with Crippen molar-refractivity contribution in [1.29, 1.82) is 0 Å². The van der Waals surface area contributed by atoms with Crippen LogP contribution in [0, 0.1) is 5.92 Å². The number of carbonyl (C=O) groups excluding carboxylic acids is 1. The van der Waals surface area contributed by atoms with Crippen LogP contribution in [0.1, 0.15) is 66.2 Å². The quantitative estimate of drug-likeness (QED) is 0.725. The second-order valence-corrected chi connectivity index (χ2v) is 7.43. The summed E-state index contributed by atoms with van der Waals surface area (Å²) in [7, 11) is 0. The standard InChI is InChI=1S/C20H30O3/c1-14(2)16-9-7-15(3)8-12-18(21)20(4)13-5-6-17(11-10-16)19(22)23-20/h6-7,9,14,18,21H,5,8,10-13H2,1-4H3/b15-7-,16-9?/t18-,20-/m0/s1. The molecule has 23 heavy (non-hydrogen) atoms. The van der Waals surface area contributed by atoms with E-state index in [-0.39, 0.29) is 5.97 Å². The lowest BCUT2D eigenvalue weighted by molar-refractivity contribution is -0.166. The normalized spacial score (nSPS) is 32.5. The van der Waals surface area contributed by atoms with Gasteiger partial charge in [0.25, 0.3) is 0 Å². The highest BCUT2D eigenvalue weighted by atomic mass is 16.6. The van der Waals surface area contributed by atoms with E-state index in [0.717, 1.165) is 24.8 Å². The van der Waals surface area contributed by atoms with E-state index < -0.39 is 11.7 Å². The summed E-state index contributed by atoms with van der Waals surface area (Å²) in [4.78, 5) is 12.5. The van der Waals surface area contributed by atoms with E-state index in [2.05, 4.69) is 32.9 Å². The summed E-state index contributed by atoms with van der Waals surface area (Å²) in [5.74, 6) is 0.207. The minimum Gasteiger partial charge on any atom is -0.453 e. The molecule has 0 aromatic heterocycles. The van der Waals surface area contributed by atoms with E-state index in [1.54, 1.807) is 0 Å². The predicted octanol–water partition coefficient (Wildman–Crippen LogP) is 4.47. The van der Waals surface area contributed by atoms with E-state index in [1.807, 2.05) is 13.0 Å². The molecule has 3 nitrogen and oxygen atoms in total. The van der Waals surface area contributed by atoms with Crippen molar-refractivity contribution in [2.75, 3.05) is 0 Å². The fourth-order valence-electron chi connectivity index (χ4n) is 3.23. The zero-order valence-corrected chi connectivity index (χ0v) is 14.9. The fourth-order valence-corrected chi connectivity index (χ4v) is 3.23. The van der Waals surface area contributed by atoms with Gasteiger partial charge >= 0.3 is 5.97 Å². The molecule has 2 heterocycles. The van der Waals surface area contributed by atoms with Crippen LogP contribution < -0.4 is 0 Å². The molecule has 2 aliphatic rings. The molecule has 0 saturated carbocycles. The van der Waals surface area contributed by atoms with Gasteiger partial charge in [-0.25, -0.2) is 4.79 Å². The number of aliphatic hydroxyl groups is 1. The Labute approximate surface area is 140 Å². The maximum Gasteiger partial charge on any atom is 0.334 e. The number of allylic oxidation sites excluding steroid dienone is 5. The van der Waals surface area contributed by atoms with E-state index in [0.29, 0.717) is 25.2 Å². The van der Waals surface area contributed by atoms with Crippen molar-refractivity contribution in [3.8, 4) is 0 Å². The van der Waals surface area contributed by atoms with Crippen LogP contribution in [0.3, 0.4) is 0 Å². The van der Waals surface area contributed by atoms with Crippen LogP contribution in [-0.2, 0) is 9.53 Å². The van der Waals surface area contributed by atoms with Gasteiger partial charge in [0.05, 0.1) is 6.10 Å². The summed E-state index contributed by atoms with van der Waals surface area (Å²) in [5.41, 5.74) is 2.58. The molecule has 2 aliphatic heterocycles. The van der Waals surface area contributed by atoms with Crippen LogP contribution in [0.5, 0.6) is 0 Å². The van der Waals surface area contributed by atoms with Gasteiger partial charge in [-0.3, -0.25) is 0 Å². The number of ether oxygens (including phenoxy) is 1. The Morgan fingerprint density at radius 2 is 2.00 bits per heavy atom. The first-order valence-electron chi connectivity index (χ1n) is 8.78. The van der Waals surface area contributed by atoms with Crippen LogP contribution in [-0.4, -0.2) is 22.8 Å². The molecule has 0 fully saturated rings. The molecule has 2 bridgehead atoms. The van der Waals surface area contributed by atoms with Crippen LogP contribution >= 0.6 is 0 Å². The van der Waals surface area contributed by atoms with Crippen molar-refractivity contribution in [2.24, 2.45) is 5.92 Å². The van der Waals surface area contributed by atoms with Crippen molar-refractivity contribution in [1.82, 2.24) is 0 Å². The predicted molar refractivity (Wildman–Crippen MR) is 93.0 cm³/mol. The first kappa shape index (κ1) is 18.0. The van der Waals surface area contributed by atoms with Gasteiger partial charge in [-0.05, 0) is 58.3 Å². The molecule has 2 rings (SSSR count).